The van der Waals surface area contributed by atoms with E-state index in [9.17, 15) is 24.8 Å². The van der Waals surface area contributed by atoms with Gasteiger partial charge in [0.05, 0.1) is 17.1 Å². The van der Waals surface area contributed by atoms with Gasteiger partial charge in [0.25, 0.3) is 0 Å². The highest BCUT2D eigenvalue weighted by atomic mass is 35.5. The third-order valence-corrected chi connectivity index (χ3v) is 5.65. The Bertz CT molecular complexity index is 1010. The van der Waals surface area contributed by atoms with Crippen molar-refractivity contribution in [1.82, 2.24) is 4.57 Å². The van der Waals surface area contributed by atoms with Crippen molar-refractivity contribution >= 4 is 22.5 Å². The van der Waals surface area contributed by atoms with Crippen LogP contribution in [-0.4, -0.2) is 56.0 Å². The fourth-order valence-electron chi connectivity index (χ4n) is 3.83. The Labute approximate surface area is 171 Å². The molecule has 4 rings (SSSR count). The molecular weight excluding hydrogens is 401 g/mol. The van der Waals surface area contributed by atoms with Crippen LogP contribution in [0.2, 0.25) is 5.02 Å². The van der Waals surface area contributed by atoms with Crippen LogP contribution < -0.4 is 0 Å². The Hall–Kier alpha value is -2.00. The molecule has 0 aliphatic carbocycles. The molecule has 4 N–H and O–H groups in total. The predicted molar refractivity (Wildman–Crippen MR) is 105 cm³/mol. The zero-order valence-corrected chi connectivity index (χ0v) is 16.1. The minimum Gasteiger partial charge on any atom is -0.394 e. The van der Waals surface area contributed by atoms with Gasteiger partial charge in [-0.15, -0.1) is 0 Å². The molecule has 0 amide bonds. The number of aliphatic hydroxyl groups is 4. The monoisotopic (exact) mass is 421 g/mol. The Kier molecular flexibility index (Phi) is 5.61. The average Bonchev–Trinajstić information content (AvgIpc) is 3.08. The summed E-state index contributed by atoms with van der Waals surface area (Å²) in [4.78, 5) is 0. The number of aromatic nitrogens is 1. The van der Waals surface area contributed by atoms with Crippen molar-refractivity contribution in [3.63, 3.8) is 0 Å². The predicted octanol–water partition coefficient (Wildman–Crippen LogP) is 2.00. The van der Waals surface area contributed by atoms with E-state index in [1.54, 1.807) is 41.1 Å². The highest BCUT2D eigenvalue weighted by Gasteiger charge is 2.44. The average molecular weight is 422 g/mol. The maximum Gasteiger partial charge on any atom is 0.163 e. The van der Waals surface area contributed by atoms with Gasteiger partial charge >= 0.3 is 0 Å². The minimum absolute atomic E-state index is 0.324. The summed E-state index contributed by atoms with van der Waals surface area (Å²) < 4.78 is 20.6. The van der Waals surface area contributed by atoms with Crippen molar-refractivity contribution in [3.05, 3.63) is 70.6 Å². The summed E-state index contributed by atoms with van der Waals surface area (Å²) in [5, 5.41) is 41.4. The quantitative estimate of drug-likeness (QED) is 0.517. The Morgan fingerprint density at radius 1 is 1.00 bits per heavy atom. The van der Waals surface area contributed by atoms with Gasteiger partial charge in [-0.25, -0.2) is 4.39 Å². The highest BCUT2D eigenvalue weighted by molar-refractivity contribution is 6.35. The number of nitrogens with zero attached hydrogens (tertiary/aromatic N) is 1. The van der Waals surface area contributed by atoms with Gasteiger partial charge < -0.3 is 29.7 Å². The number of rotatable bonds is 4. The molecule has 1 fully saturated rings. The molecule has 8 heteroatoms. The summed E-state index contributed by atoms with van der Waals surface area (Å²) in [6.45, 7) is -0.510. The molecule has 3 aromatic rings. The number of hydrogen-bond donors (Lipinski definition) is 4. The Morgan fingerprint density at radius 3 is 2.41 bits per heavy atom. The van der Waals surface area contributed by atoms with Gasteiger partial charge in [0.15, 0.2) is 6.23 Å². The lowest BCUT2D eigenvalue weighted by atomic mass is 9.98. The second-order valence-electron chi connectivity index (χ2n) is 7.22. The molecule has 6 nitrogen and oxygen atoms in total. The van der Waals surface area contributed by atoms with Gasteiger partial charge in [-0.3, -0.25) is 0 Å². The van der Waals surface area contributed by atoms with Crippen LogP contribution in [0.25, 0.3) is 10.9 Å². The van der Waals surface area contributed by atoms with E-state index in [-0.39, 0.29) is 5.82 Å². The molecule has 0 spiro atoms. The lowest BCUT2D eigenvalue weighted by Crippen LogP contribution is -2.56. The number of fused-ring (bicyclic) bond motifs is 1. The van der Waals surface area contributed by atoms with Crippen LogP contribution in [0.1, 0.15) is 17.4 Å². The standard InChI is InChI=1S/C21H21ClFNO5/c22-14-2-1-3-15-17(14)12(8-11-4-6-13(23)7-5-11)9-24(15)21-20(28)19(27)18(26)16(10-25)29-21/h1-7,9,16,18-21,25-28H,8,10H2/t16-,18-,19+,20-,21-/m1/s1. The second kappa shape index (κ2) is 8.02. The van der Waals surface area contributed by atoms with Crippen LogP contribution in [0.5, 0.6) is 0 Å². The molecule has 1 saturated heterocycles. The van der Waals surface area contributed by atoms with Gasteiger partial charge in [0.1, 0.15) is 30.2 Å². The third kappa shape index (κ3) is 3.66. The number of aliphatic hydroxyl groups excluding tert-OH is 4. The van der Waals surface area contributed by atoms with E-state index >= 15 is 0 Å². The van der Waals surface area contributed by atoms with E-state index in [0.717, 1.165) is 16.5 Å². The van der Waals surface area contributed by atoms with Crippen LogP contribution >= 0.6 is 11.6 Å². The number of ether oxygens (including phenoxy) is 1. The highest BCUT2D eigenvalue weighted by Crippen LogP contribution is 2.36. The fourth-order valence-corrected chi connectivity index (χ4v) is 4.12. The van der Waals surface area contributed by atoms with E-state index in [4.69, 9.17) is 16.3 Å². The van der Waals surface area contributed by atoms with Crippen molar-refractivity contribution in [3.8, 4) is 0 Å². The van der Waals surface area contributed by atoms with E-state index in [1.807, 2.05) is 0 Å². The van der Waals surface area contributed by atoms with Crippen molar-refractivity contribution in [2.45, 2.75) is 37.1 Å². The lowest BCUT2D eigenvalue weighted by molar-refractivity contribution is -0.250. The van der Waals surface area contributed by atoms with Crippen LogP contribution in [0.4, 0.5) is 4.39 Å². The first-order chi connectivity index (χ1) is 13.9. The third-order valence-electron chi connectivity index (χ3n) is 5.33. The van der Waals surface area contributed by atoms with E-state index in [2.05, 4.69) is 0 Å². The molecule has 0 bridgehead atoms. The SMILES string of the molecule is OC[C@H]1O[C@@H](n2cc(Cc3ccc(F)cc3)c3c(Cl)cccc32)[C@H](O)[C@@H](O)[C@@H]1O. The van der Waals surface area contributed by atoms with E-state index in [0.29, 0.717) is 17.0 Å². The van der Waals surface area contributed by atoms with Crippen LogP contribution in [0, 0.1) is 5.82 Å². The van der Waals surface area contributed by atoms with Gasteiger partial charge in [0.2, 0.25) is 0 Å². The molecule has 1 aliphatic heterocycles. The molecule has 1 aliphatic rings. The first kappa shape index (κ1) is 20.3. The van der Waals surface area contributed by atoms with Gasteiger partial charge in [-0.2, -0.15) is 0 Å². The second-order valence-corrected chi connectivity index (χ2v) is 7.63. The Balaban J connectivity index is 1.79. The van der Waals surface area contributed by atoms with Crippen molar-refractivity contribution in [1.29, 1.82) is 0 Å². The van der Waals surface area contributed by atoms with E-state index in [1.165, 1.54) is 12.1 Å². The van der Waals surface area contributed by atoms with Gasteiger partial charge in [0, 0.05) is 11.6 Å². The summed E-state index contributed by atoms with van der Waals surface area (Å²) in [6, 6.07) is 11.4. The molecule has 154 valence electrons. The summed E-state index contributed by atoms with van der Waals surface area (Å²) in [5.74, 6) is -0.324. The topological polar surface area (TPSA) is 95.1 Å². The molecular formula is C21H21ClFNO5. The molecule has 0 unspecified atom stereocenters. The smallest absolute Gasteiger partial charge is 0.163 e. The van der Waals surface area contributed by atoms with Crippen LogP contribution in [-0.2, 0) is 11.2 Å². The first-order valence-electron chi connectivity index (χ1n) is 9.23. The van der Waals surface area contributed by atoms with Crippen molar-refractivity contribution < 1.29 is 29.6 Å². The van der Waals surface area contributed by atoms with E-state index < -0.39 is 37.3 Å². The first-order valence-corrected chi connectivity index (χ1v) is 9.61. The zero-order valence-electron chi connectivity index (χ0n) is 15.3. The summed E-state index contributed by atoms with van der Waals surface area (Å²) in [6.07, 6.45) is -4.17. The normalized spacial score (nSPS) is 27.4. The summed E-state index contributed by atoms with van der Waals surface area (Å²) in [7, 11) is 0. The summed E-state index contributed by atoms with van der Waals surface area (Å²) >= 11 is 6.44. The number of halogens is 2. The lowest BCUT2D eigenvalue weighted by Gasteiger charge is -2.40. The Morgan fingerprint density at radius 2 is 1.72 bits per heavy atom. The number of benzene rings is 2. The van der Waals surface area contributed by atoms with Crippen LogP contribution in [0.3, 0.4) is 0 Å². The minimum atomic E-state index is -1.48. The molecule has 0 saturated carbocycles. The zero-order chi connectivity index (χ0) is 20.7. The maximum atomic E-state index is 13.2. The van der Waals surface area contributed by atoms with Crippen LogP contribution in [0.15, 0.2) is 48.7 Å². The fraction of sp³-hybridized carbons (Fsp3) is 0.333. The van der Waals surface area contributed by atoms with Crippen molar-refractivity contribution in [2.24, 2.45) is 0 Å². The largest absolute Gasteiger partial charge is 0.394 e. The number of hydrogen-bond acceptors (Lipinski definition) is 5. The molecule has 2 heterocycles. The molecule has 5 atom stereocenters. The van der Waals surface area contributed by atoms with Gasteiger partial charge in [-0.05, 0) is 41.8 Å². The maximum absolute atomic E-state index is 13.2. The summed E-state index contributed by atoms with van der Waals surface area (Å²) in [5.41, 5.74) is 2.37. The van der Waals surface area contributed by atoms with Crippen molar-refractivity contribution in [2.75, 3.05) is 6.61 Å². The molecule has 1 aromatic heterocycles. The van der Waals surface area contributed by atoms with Gasteiger partial charge in [-0.1, -0.05) is 29.8 Å². The molecule has 2 aromatic carbocycles. The molecule has 0 radical (unpaired) electrons. The molecule has 29 heavy (non-hydrogen) atoms.